The molecule has 5 atom stereocenters. The molecule has 3 amide bonds. The molecule has 5 rings (SSSR count). The van der Waals surface area contributed by atoms with Crippen LogP contribution in [0.1, 0.15) is 77.0 Å². The maximum atomic E-state index is 13.4. The zero-order chi connectivity index (χ0) is 42.7. The predicted octanol–water partition coefficient (Wildman–Crippen LogP) is 6.58. The summed E-state index contributed by atoms with van der Waals surface area (Å²) in [5.74, 6) is -0.590. The second kappa shape index (κ2) is 20.8. The number of nitriles is 1. The number of imide groups is 1. The van der Waals surface area contributed by atoms with E-state index in [1.807, 2.05) is 107 Å². The van der Waals surface area contributed by atoms with Crippen LogP contribution in [0.4, 0.5) is 4.79 Å². The molecular weight excluding hydrogens is 779 g/mol. The SMILES string of the molecule is COc1ccc(C(OC[C@H]2O[C@@H](N3C(=O)NC(=O)C3OC(=O)CCC(C)=O)C[C@@H]2OP(OCCC#N)N(C(C)C)C(C)C)(c2ccccc2)c2ccc(OC)cc2)cc1. The standard InChI is InChI=1S/C43H53N4O11P/c1-28(2)47(29(3)4)59(55-25-11-24-44)58-36-26-38(46-41(40(50)45-42(46)51)57-39(49)23-14-30(5)48)56-37(36)27-54-43(31-12-9-8-10-13-31,32-15-19-34(52-6)20-16-32)33-17-21-35(53-7)22-18-33/h8-10,12-13,15-22,28-29,36-38,41H,11,14,23,25-27H2,1-7H3,(H,45,50,51)/t36-,37+,38+,41?,59?/m0/s1. The van der Waals surface area contributed by atoms with Crippen LogP contribution in [0.25, 0.3) is 0 Å². The quantitative estimate of drug-likeness (QED) is 0.0401. The number of ketones is 1. The predicted molar refractivity (Wildman–Crippen MR) is 217 cm³/mol. The van der Waals surface area contributed by atoms with Gasteiger partial charge >= 0.3 is 12.0 Å². The van der Waals surface area contributed by atoms with Crippen molar-refractivity contribution in [2.45, 2.75) is 103 Å². The van der Waals surface area contributed by atoms with E-state index in [-0.39, 0.29) is 56.8 Å². The third-order valence-corrected chi connectivity index (χ3v) is 12.0. The Balaban J connectivity index is 1.58. The fraction of sp³-hybridized carbons (Fsp3) is 0.465. The Bertz CT molecular complexity index is 1870. The van der Waals surface area contributed by atoms with E-state index < -0.39 is 56.7 Å². The van der Waals surface area contributed by atoms with Crippen LogP contribution in [0.3, 0.4) is 0 Å². The highest BCUT2D eigenvalue weighted by atomic mass is 31.2. The first-order chi connectivity index (χ1) is 28.3. The van der Waals surface area contributed by atoms with E-state index in [1.165, 1.54) is 6.92 Å². The summed E-state index contributed by atoms with van der Waals surface area (Å²) >= 11 is 0. The van der Waals surface area contributed by atoms with Gasteiger partial charge in [0.2, 0.25) is 0 Å². The third-order valence-electron chi connectivity index (χ3n) is 9.88. The van der Waals surface area contributed by atoms with Gasteiger partial charge in [0.25, 0.3) is 20.7 Å². The maximum absolute atomic E-state index is 13.4. The first-order valence-electron chi connectivity index (χ1n) is 19.5. The molecule has 1 N–H and O–H groups in total. The van der Waals surface area contributed by atoms with Crippen molar-refractivity contribution in [2.75, 3.05) is 27.4 Å². The van der Waals surface area contributed by atoms with E-state index in [1.54, 1.807) is 14.2 Å². The van der Waals surface area contributed by atoms with Crippen LogP contribution in [0.5, 0.6) is 11.5 Å². The number of amides is 3. The van der Waals surface area contributed by atoms with E-state index in [0.717, 1.165) is 21.6 Å². The van der Waals surface area contributed by atoms with Crippen LogP contribution < -0.4 is 14.8 Å². The van der Waals surface area contributed by atoms with Crippen molar-refractivity contribution in [3.8, 4) is 17.6 Å². The van der Waals surface area contributed by atoms with Crippen LogP contribution in [0, 0.1) is 11.3 Å². The van der Waals surface area contributed by atoms with E-state index in [4.69, 9.17) is 32.7 Å². The van der Waals surface area contributed by atoms with Crippen LogP contribution in [-0.4, -0.2) is 97.4 Å². The van der Waals surface area contributed by atoms with Crippen molar-refractivity contribution >= 4 is 32.2 Å². The number of nitrogens with one attached hydrogen (secondary N) is 1. The lowest BCUT2D eigenvalue weighted by atomic mass is 9.80. The van der Waals surface area contributed by atoms with E-state index in [9.17, 15) is 24.4 Å². The molecule has 59 heavy (non-hydrogen) atoms. The second-order valence-electron chi connectivity index (χ2n) is 14.6. The Hall–Kier alpha value is -4.94. The van der Waals surface area contributed by atoms with E-state index in [0.29, 0.717) is 11.5 Å². The Kier molecular flexibility index (Phi) is 16.0. The molecule has 16 heteroatoms. The number of rotatable bonds is 21. The second-order valence-corrected chi connectivity index (χ2v) is 16.0. The summed E-state index contributed by atoms with van der Waals surface area (Å²) in [5.41, 5.74) is 1.11. The number of methoxy groups -OCH3 is 2. The van der Waals surface area contributed by atoms with Gasteiger partial charge in [-0.1, -0.05) is 54.6 Å². The molecule has 2 aliphatic rings. The highest BCUT2D eigenvalue weighted by Crippen LogP contribution is 2.50. The normalized spacial score (nSPS) is 19.8. The molecule has 2 aliphatic heterocycles. The minimum Gasteiger partial charge on any atom is -0.497 e. The van der Waals surface area contributed by atoms with Gasteiger partial charge in [0.15, 0.2) is 0 Å². The number of hydrogen-bond donors (Lipinski definition) is 1. The Labute approximate surface area is 346 Å². The minimum atomic E-state index is -1.81. The van der Waals surface area contributed by atoms with Gasteiger partial charge in [-0.25, -0.2) is 9.46 Å². The highest BCUT2D eigenvalue weighted by Gasteiger charge is 2.52. The molecule has 0 aliphatic carbocycles. The molecule has 2 saturated heterocycles. The summed E-state index contributed by atoms with van der Waals surface area (Å²) in [5, 5.41) is 11.6. The van der Waals surface area contributed by atoms with Crippen LogP contribution in [0.2, 0.25) is 0 Å². The number of carbonyl (C=O) groups excluding carboxylic acids is 4. The maximum Gasteiger partial charge on any atom is 0.329 e. The van der Waals surface area contributed by atoms with E-state index >= 15 is 0 Å². The van der Waals surface area contributed by atoms with Gasteiger partial charge in [0, 0.05) is 24.9 Å². The molecule has 0 spiro atoms. The first-order valence-corrected chi connectivity index (χ1v) is 20.7. The number of hydrogen-bond acceptors (Lipinski definition) is 13. The van der Waals surface area contributed by atoms with Gasteiger partial charge in [0.1, 0.15) is 35.2 Å². The molecule has 2 fully saturated rings. The molecule has 0 aromatic heterocycles. The van der Waals surface area contributed by atoms with Gasteiger partial charge in [-0.15, -0.1) is 0 Å². The number of nitrogens with zero attached hydrogens (tertiary/aromatic N) is 3. The van der Waals surface area contributed by atoms with Crippen molar-refractivity contribution in [3.63, 3.8) is 0 Å². The summed E-state index contributed by atoms with van der Waals surface area (Å²) in [6.07, 6.45) is -4.64. The van der Waals surface area contributed by atoms with Gasteiger partial charge in [-0.3, -0.25) is 19.8 Å². The zero-order valence-electron chi connectivity index (χ0n) is 34.5. The third kappa shape index (κ3) is 10.8. The summed E-state index contributed by atoms with van der Waals surface area (Å²) in [6.45, 7) is 9.42. The molecule has 2 unspecified atom stereocenters. The molecular formula is C43H53N4O11P. The molecule has 0 saturated carbocycles. The number of carbonyl (C=O) groups is 4. The fourth-order valence-electron chi connectivity index (χ4n) is 7.14. The van der Waals surface area contributed by atoms with E-state index in [2.05, 4.69) is 16.1 Å². The number of esters is 1. The summed E-state index contributed by atoms with van der Waals surface area (Å²) in [6, 6.07) is 26.1. The van der Waals surface area contributed by atoms with Crippen LogP contribution in [0.15, 0.2) is 78.9 Å². The lowest BCUT2D eigenvalue weighted by Gasteiger charge is -2.39. The fourth-order valence-corrected chi connectivity index (χ4v) is 8.90. The minimum absolute atomic E-state index is 0.0207. The highest BCUT2D eigenvalue weighted by molar-refractivity contribution is 7.44. The van der Waals surface area contributed by atoms with Crippen molar-refractivity contribution in [1.82, 2.24) is 14.9 Å². The largest absolute Gasteiger partial charge is 0.497 e. The molecule has 0 radical (unpaired) electrons. The average molecular weight is 833 g/mol. The van der Waals surface area contributed by atoms with Crippen molar-refractivity contribution in [3.05, 3.63) is 95.6 Å². The molecule has 15 nitrogen and oxygen atoms in total. The molecule has 0 bridgehead atoms. The molecule has 2 heterocycles. The summed E-state index contributed by atoms with van der Waals surface area (Å²) < 4.78 is 45.6. The molecule has 3 aromatic carbocycles. The van der Waals surface area contributed by atoms with Gasteiger partial charge in [-0.2, -0.15) is 5.26 Å². The smallest absolute Gasteiger partial charge is 0.329 e. The van der Waals surface area contributed by atoms with Crippen molar-refractivity contribution in [1.29, 1.82) is 5.26 Å². The van der Waals surface area contributed by atoms with Crippen LogP contribution >= 0.6 is 8.53 Å². The Morgan fingerprint density at radius 1 is 0.915 bits per heavy atom. The average Bonchev–Trinajstić information content (AvgIpc) is 3.74. The topological polar surface area (TPSA) is 175 Å². The summed E-state index contributed by atoms with van der Waals surface area (Å²) in [4.78, 5) is 51.9. The Morgan fingerprint density at radius 3 is 2.02 bits per heavy atom. The Morgan fingerprint density at radius 2 is 1.49 bits per heavy atom. The zero-order valence-corrected chi connectivity index (χ0v) is 35.4. The first kappa shape index (κ1) is 45.1. The lowest BCUT2D eigenvalue weighted by Crippen LogP contribution is -2.46. The number of benzene rings is 3. The number of ether oxygens (including phenoxy) is 5. The van der Waals surface area contributed by atoms with Gasteiger partial charge in [0.05, 0.1) is 52.4 Å². The van der Waals surface area contributed by atoms with Gasteiger partial charge < -0.3 is 37.5 Å². The molecule has 3 aromatic rings. The lowest BCUT2D eigenvalue weighted by molar-refractivity contribution is -0.171. The molecule has 316 valence electrons. The number of urea groups is 1. The van der Waals surface area contributed by atoms with Crippen molar-refractivity contribution in [2.24, 2.45) is 0 Å². The monoisotopic (exact) mass is 832 g/mol. The van der Waals surface area contributed by atoms with Crippen LogP contribution in [-0.2, 0) is 43.2 Å². The van der Waals surface area contributed by atoms with Crippen molar-refractivity contribution < 1.29 is 51.9 Å². The number of Topliss-reactive ketones (excluding diaryl/α,β-unsaturated/α-hetero) is 1. The van der Waals surface area contributed by atoms with Gasteiger partial charge in [-0.05, 0) is 75.6 Å². The summed E-state index contributed by atoms with van der Waals surface area (Å²) in [7, 11) is 1.38.